The van der Waals surface area contributed by atoms with Gasteiger partial charge < -0.3 is 5.11 Å². The second kappa shape index (κ2) is 7.24. The number of rotatable bonds is 2. The third-order valence-electron chi connectivity index (χ3n) is 7.73. The van der Waals surface area contributed by atoms with Crippen LogP contribution in [-0.2, 0) is 0 Å². The second-order valence-electron chi connectivity index (χ2n) is 9.37. The molecule has 3 saturated carbocycles. The van der Waals surface area contributed by atoms with Crippen LogP contribution in [0.3, 0.4) is 0 Å². The lowest BCUT2D eigenvalue weighted by Crippen LogP contribution is -2.38. The first kappa shape index (κ1) is 16.8. The van der Waals surface area contributed by atoms with Gasteiger partial charge in [-0.25, -0.2) is 0 Å². The summed E-state index contributed by atoms with van der Waals surface area (Å²) in [7, 11) is 0. The topological polar surface area (TPSA) is 20.2 Å². The molecule has 1 heteroatoms. The van der Waals surface area contributed by atoms with Crippen LogP contribution in [0.1, 0.15) is 85.0 Å². The standard InChI is InChI=1S/C21H38O/c1-14-4-6-17(7-5-14)18-8-10-19(11-9-18)20-12-15(2)21(22)16(3)13-20/h14-22H,4-13H2,1-3H3. The van der Waals surface area contributed by atoms with Crippen LogP contribution in [0.5, 0.6) is 0 Å². The van der Waals surface area contributed by atoms with E-state index < -0.39 is 0 Å². The normalized spacial score (nSPS) is 50.7. The Morgan fingerprint density at radius 3 is 1.36 bits per heavy atom. The molecule has 0 amide bonds. The van der Waals surface area contributed by atoms with E-state index in [-0.39, 0.29) is 6.10 Å². The molecule has 3 rings (SSSR count). The maximum atomic E-state index is 10.2. The SMILES string of the molecule is CC1CCC(C2CCC(C3CC(C)C(O)C(C)C3)CC2)CC1. The molecule has 0 aromatic heterocycles. The third kappa shape index (κ3) is 3.71. The van der Waals surface area contributed by atoms with E-state index in [1.165, 1.54) is 64.2 Å². The maximum absolute atomic E-state index is 10.2. The monoisotopic (exact) mass is 306 g/mol. The first-order chi connectivity index (χ1) is 10.5. The molecule has 0 radical (unpaired) electrons. The van der Waals surface area contributed by atoms with Crippen molar-refractivity contribution in [1.29, 1.82) is 0 Å². The fourth-order valence-electron chi connectivity index (χ4n) is 6.12. The van der Waals surface area contributed by atoms with Crippen LogP contribution < -0.4 is 0 Å². The fraction of sp³-hybridized carbons (Fsp3) is 1.00. The molecule has 0 heterocycles. The average molecular weight is 307 g/mol. The minimum Gasteiger partial charge on any atom is -0.393 e. The quantitative estimate of drug-likeness (QED) is 0.697. The van der Waals surface area contributed by atoms with Crippen LogP contribution in [0.2, 0.25) is 0 Å². The summed E-state index contributed by atoms with van der Waals surface area (Å²) in [5.41, 5.74) is 0. The van der Waals surface area contributed by atoms with E-state index in [1.54, 1.807) is 0 Å². The summed E-state index contributed by atoms with van der Waals surface area (Å²) in [5.74, 6) is 6.01. The Bertz CT molecular complexity index is 324. The van der Waals surface area contributed by atoms with Crippen molar-refractivity contribution in [2.24, 2.45) is 41.4 Å². The molecule has 128 valence electrons. The lowest BCUT2D eigenvalue weighted by atomic mass is 9.63. The Balaban J connectivity index is 1.47. The molecule has 2 atom stereocenters. The van der Waals surface area contributed by atoms with Crippen molar-refractivity contribution in [3.05, 3.63) is 0 Å². The number of aliphatic hydroxyl groups excluding tert-OH is 1. The lowest BCUT2D eigenvalue weighted by Gasteiger charge is -2.43. The molecule has 0 saturated heterocycles. The molecule has 3 fully saturated rings. The van der Waals surface area contributed by atoms with Crippen molar-refractivity contribution >= 4 is 0 Å². The average Bonchev–Trinajstić information content (AvgIpc) is 2.53. The van der Waals surface area contributed by atoms with Gasteiger partial charge in [-0.15, -0.1) is 0 Å². The van der Waals surface area contributed by atoms with Gasteiger partial charge in [0.05, 0.1) is 6.10 Å². The van der Waals surface area contributed by atoms with E-state index in [2.05, 4.69) is 20.8 Å². The van der Waals surface area contributed by atoms with Gasteiger partial charge in [-0.05, 0) is 92.8 Å². The molecule has 0 spiro atoms. The zero-order chi connectivity index (χ0) is 15.7. The highest BCUT2D eigenvalue weighted by atomic mass is 16.3. The second-order valence-corrected chi connectivity index (χ2v) is 9.37. The highest BCUT2D eigenvalue weighted by Gasteiger charge is 2.38. The van der Waals surface area contributed by atoms with Crippen LogP contribution >= 0.6 is 0 Å². The summed E-state index contributed by atoms with van der Waals surface area (Å²) in [6.45, 7) is 6.97. The van der Waals surface area contributed by atoms with E-state index in [0.29, 0.717) is 11.8 Å². The molecule has 0 aromatic carbocycles. The van der Waals surface area contributed by atoms with Crippen LogP contribution in [0.4, 0.5) is 0 Å². The zero-order valence-electron chi connectivity index (χ0n) is 15.1. The smallest absolute Gasteiger partial charge is 0.0591 e. The Hall–Kier alpha value is -0.0400. The maximum Gasteiger partial charge on any atom is 0.0591 e. The van der Waals surface area contributed by atoms with Gasteiger partial charge in [-0.3, -0.25) is 0 Å². The van der Waals surface area contributed by atoms with Crippen molar-refractivity contribution in [2.75, 3.05) is 0 Å². The van der Waals surface area contributed by atoms with Crippen LogP contribution in [-0.4, -0.2) is 11.2 Å². The lowest BCUT2D eigenvalue weighted by molar-refractivity contribution is -0.0105. The Labute approximate surface area is 138 Å². The Kier molecular flexibility index (Phi) is 5.53. The molecule has 1 nitrogen and oxygen atoms in total. The minimum atomic E-state index is -0.0446. The van der Waals surface area contributed by atoms with Gasteiger partial charge in [-0.2, -0.15) is 0 Å². The third-order valence-corrected chi connectivity index (χ3v) is 7.73. The summed E-state index contributed by atoms with van der Waals surface area (Å²) < 4.78 is 0. The molecular formula is C21H38O. The summed E-state index contributed by atoms with van der Waals surface area (Å²) in [6.07, 6.45) is 14.5. The zero-order valence-corrected chi connectivity index (χ0v) is 15.1. The molecule has 0 aromatic rings. The van der Waals surface area contributed by atoms with E-state index in [1.807, 2.05) is 0 Å². The van der Waals surface area contributed by atoms with Crippen LogP contribution in [0, 0.1) is 41.4 Å². The van der Waals surface area contributed by atoms with E-state index in [4.69, 9.17) is 0 Å². The Morgan fingerprint density at radius 2 is 0.909 bits per heavy atom. The summed E-state index contributed by atoms with van der Waals surface area (Å²) in [6, 6.07) is 0. The summed E-state index contributed by atoms with van der Waals surface area (Å²) in [4.78, 5) is 0. The predicted molar refractivity (Wildman–Crippen MR) is 93.6 cm³/mol. The molecule has 3 aliphatic carbocycles. The molecule has 1 N–H and O–H groups in total. The summed E-state index contributed by atoms with van der Waals surface area (Å²) in [5, 5.41) is 10.2. The first-order valence-electron chi connectivity index (χ1n) is 10.2. The molecule has 0 aliphatic heterocycles. The van der Waals surface area contributed by atoms with Crippen LogP contribution in [0.15, 0.2) is 0 Å². The predicted octanol–water partition coefficient (Wildman–Crippen LogP) is 5.66. The van der Waals surface area contributed by atoms with Gasteiger partial charge in [-0.1, -0.05) is 33.6 Å². The van der Waals surface area contributed by atoms with Crippen molar-refractivity contribution < 1.29 is 5.11 Å². The molecule has 3 aliphatic rings. The van der Waals surface area contributed by atoms with Gasteiger partial charge in [0.1, 0.15) is 0 Å². The van der Waals surface area contributed by atoms with Crippen molar-refractivity contribution in [2.45, 2.75) is 91.1 Å². The van der Waals surface area contributed by atoms with Gasteiger partial charge in [0, 0.05) is 0 Å². The summed E-state index contributed by atoms with van der Waals surface area (Å²) >= 11 is 0. The number of hydrogen-bond donors (Lipinski definition) is 1. The van der Waals surface area contributed by atoms with Crippen LogP contribution in [0.25, 0.3) is 0 Å². The molecule has 2 unspecified atom stereocenters. The van der Waals surface area contributed by atoms with E-state index >= 15 is 0 Å². The number of hydrogen-bond acceptors (Lipinski definition) is 1. The highest BCUT2D eigenvalue weighted by molar-refractivity contribution is 4.88. The van der Waals surface area contributed by atoms with Gasteiger partial charge in [0.2, 0.25) is 0 Å². The molecule has 0 bridgehead atoms. The van der Waals surface area contributed by atoms with Crippen molar-refractivity contribution in [3.63, 3.8) is 0 Å². The largest absolute Gasteiger partial charge is 0.393 e. The van der Waals surface area contributed by atoms with Crippen molar-refractivity contribution in [1.82, 2.24) is 0 Å². The van der Waals surface area contributed by atoms with Crippen molar-refractivity contribution in [3.8, 4) is 0 Å². The first-order valence-corrected chi connectivity index (χ1v) is 10.2. The van der Waals surface area contributed by atoms with Gasteiger partial charge in [0.25, 0.3) is 0 Å². The van der Waals surface area contributed by atoms with Gasteiger partial charge in [0.15, 0.2) is 0 Å². The fourth-order valence-corrected chi connectivity index (χ4v) is 6.12. The van der Waals surface area contributed by atoms with E-state index in [0.717, 1.165) is 29.6 Å². The van der Waals surface area contributed by atoms with E-state index in [9.17, 15) is 5.11 Å². The molecular weight excluding hydrogens is 268 g/mol. The van der Waals surface area contributed by atoms with Gasteiger partial charge >= 0.3 is 0 Å². The number of aliphatic hydroxyl groups is 1. The minimum absolute atomic E-state index is 0.0446. The molecule has 22 heavy (non-hydrogen) atoms. The Morgan fingerprint density at radius 1 is 0.545 bits per heavy atom. The highest BCUT2D eigenvalue weighted by Crippen LogP contribution is 2.46.